The van der Waals surface area contributed by atoms with E-state index in [-0.39, 0.29) is 5.02 Å². The first-order valence-corrected chi connectivity index (χ1v) is 8.86. The minimum atomic E-state index is -4.55. The maximum atomic E-state index is 13.2. The van der Waals surface area contributed by atoms with Gasteiger partial charge in [-0.1, -0.05) is 11.6 Å². The molecule has 5 nitrogen and oxygen atoms in total. The molecule has 9 heteroatoms. The van der Waals surface area contributed by atoms with Crippen molar-refractivity contribution in [2.45, 2.75) is 20.0 Å². The Bertz CT molecular complexity index is 1080. The topological polar surface area (TPSA) is 59.3 Å². The van der Waals surface area contributed by atoms with Crippen molar-refractivity contribution in [1.82, 2.24) is 15.0 Å². The van der Waals surface area contributed by atoms with Gasteiger partial charge in [0.1, 0.15) is 0 Å². The Morgan fingerprint density at radius 2 is 2.00 bits per heavy atom. The molecule has 0 aliphatic carbocycles. The highest BCUT2D eigenvalue weighted by atomic mass is 35.5. The summed E-state index contributed by atoms with van der Waals surface area (Å²) < 4.78 is 41.2. The van der Waals surface area contributed by atoms with E-state index < -0.39 is 17.6 Å². The average molecular weight is 421 g/mol. The minimum Gasteiger partial charge on any atom is -0.318 e. The molecule has 2 aromatic heterocycles. The molecular weight excluding hydrogens is 405 g/mol. The molecule has 0 atom stereocenters. The quantitative estimate of drug-likeness (QED) is 0.481. The van der Waals surface area contributed by atoms with E-state index in [0.717, 1.165) is 6.07 Å². The summed E-state index contributed by atoms with van der Waals surface area (Å²) in [6.07, 6.45) is -0.151. The molecule has 2 heterocycles. The standard InChI is InChI=1S/C20H16ClF3N4O/c1-12-8-15(11-26-27-19(29)14-4-3-7-25-10-14)13(2)28(12)16-5-6-18(21)17(9-16)20(22,23)24/h3-11H,1-2H3,(H,27,29)/b26-11+. The summed E-state index contributed by atoms with van der Waals surface area (Å²) in [5.74, 6) is -0.421. The van der Waals surface area contributed by atoms with E-state index in [2.05, 4.69) is 15.5 Å². The summed E-state index contributed by atoms with van der Waals surface area (Å²) in [7, 11) is 0. The molecule has 0 unspecified atom stereocenters. The van der Waals surface area contributed by atoms with Gasteiger partial charge in [0.2, 0.25) is 0 Å². The van der Waals surface area contributed by atoms with Crippen LogP contribution in [-0.2, 0) is 6.18 Å². The summed E-state index contributed by atoms with van der Waals surface area (Å²) in [5.41, 5.74) is 4.20. The number of hydrazone groups is 1. The Labute approximate surface area is 169 Å². The zero-order chi connectivity index (χ0) is 21.2. The van der Waals surface area contributed by atoms with Gasteiger partial charge in [-0.3, -0.25) is 9.78 Å². The van der Waals surface area contributed by atoms with Crippen LogP contribution in [0.4, 0.5) is 13.2 Å². The van der Waals surface area contributed by atoms with E-state index in [1.54, 1.807) is 42.8 Å². The van der Waals surface area contributed by atoms with Crippen LogP contribution in [0.25, 0.3) is 5.69 Å². The van der Waals surface area contributed by atoms with Gasteiger partial charge in [0.05, 0.1) is 22.4 Å². The summed E-state index contributed by atoms with van der Waals surface area (Å²) >= 11 is 5.71. The number of aromatic nitrogens is 2. The Morgan fingerprint density at radius 3 is 2.66 bits per heavy atom. The minimum absolute atomic E-state index is 0.329. The predicted molar refractivity (Wildman–Crippen MR) is 105 cm³/mol. The van der Waals surface area contributed by atoms with E-state index in [0.29, 0.717) is 28.2 Å². The number of amides is 1. The number of nitrogens with zero attached hydrogens (tertiary/aromatic N) is 3. The first-order valence-electron chi connectivity index (χ1n) is 8.48. The molecule has 0 radical (unpaired) electrons. The molecule has 1 N–H and O–H groups in total. The van der Waals surface area contributed by atoms with E-state index in [9.17, 15) is 18.0 Å². The lowest BCUT2D eigenvalue weighted by atomic mass is 10.2. The van der Waals surface area contributed by atoms with Crippen LogP contribution >= 0.6 is 11.6 Å². The third-order valence-corrected chi connectivity index (χ3v) is 4.61. The van der Waals surface area contributed by atoms with Crippen molar-refractivity contribution < 1.29 is 18.0 Å². The molecule has 3 rings (SSSR count). The van der Waals surface area contributed by atoms with Gasteiger partial charge in [-0.15, -0.1) is 0 Å². The highest BCUT2D eigenvalue weighted by molar-refractivity contribution is 6.31. The molecule has 0 saturated heterocycles. The number of aryl methyl sites for hydroxylation is 1. The van der Waals surface area contributed by atoms with Crippen LogP contribution in [0, 0.1) is 13.8 Å². The van der Waals surface area contributed by atoms with Crippen molar-refractivity contribution in [3.05, 3.63) is 81.9 Å². The maximum Gasteiger partial charge on any atom is 0.417 e. The van der Waals surface area contributed by atoms with Crippen molar-refractivity contribution in [2.75, 3.05) is 0 Å². The first kappa shape index (κ1) is 20.6. The monoisotopic (exact) mass is 420 g/mol. The van der Waals surface area contributed by atoms with Gasteiger partial charge in [0, 0.05) is 35.0 Å². The molecule has 150 valence electrons. The number of hydrogen-bond acceptors (Lipinski definition) is 3. The zero-order valence-corrected chi connectivity index (χ0v) is 16.2. The number of nitrogens with one attached hydrogen (secondary N) is 1. The van der Waals surface area contributed by atoms with Gasteiger partial charge in [-0.05, 0) is 50.2 Å². The highest BCUT2D eigenvalue weighted by Gasteiger charge is 2.33. The van der Waals surface area contributed by atoms with E-state index >= 15 is 0 Å². The van der Waals surface area contributed by atoms with Crippen LogP contribution in [0.15, 0.2) is 53.9 Å². The van der Waals surface area contributed by atoms with E-state index in [1.807, 2.05) is 0 Å². The number of alkyl halides is 3. The number of benzene rings is 1. The number of carbonyl (C=O) groups is 1. The molecule has 0 bridgehead atoms. The smallest absolute Gasteiger partial charge is 0.318 e. The second-order valence-corrected chi connectivity index (χ2v) is 6.67. The van der Waals surface area contributed by atoms with Crippen molar-refractivity contribution in [3.8, 4) is 5.69 Å². The van der Waals surface area contributed by atoms with Gasteiger partial charge in [0.15, 0.2) is 0 Å². The van der Waals surface area contributed by atoms with Crippen LogP contribution < -0.4 is 5.43 Å². The summed E-state index contributed by atoms with van der Waals surface area (Å²) in [5, 5.41) is 3.57. The fourth-order valence-electron chi connectivity index (χ4n) is 2.91. The summed E-state index contributed by atoms with van der Waals surface area (Å²) in [6, 6.07) is 8.74. The highest BCUT2D eigenvalue weighted by Crippen LogP contribution is 2.36. The van der Waals surface area contributed by atoms with Gasteiger partial charge in [-0.25, -0.2) is 5.43 Å². The normalized spacial score (nSPS) is 11.8. The molecule has 3 aromatic rings. The van der Waals surface area contributed by atoms with Crippen LogP contribution in [0.2, 0.25) is 5.02 Å². The number of halogens is 4. The van der Waals surface area contributed by atoms with Gasteiger partial charge < -0.3 is 4.57 Å². The first-order chi connectivity index (χ1) is 13.7. The van der Waals surface area contributed by atoms with Crippen molar-refractivity contribution in [2.24, 2.45) is 5.10 Å². The molecule has 1 amide bonds. The molecule has 0 aliphatic rings. The van der Waals surface area contributed by atoms with Crippen LogP contribution in [0.5, 0.6) is 0 Å². The lowest BCUT2D eigenvalue weighted by Crippen LogP contribution is -2.17. The Morgan fingerprint density at radius 1 is 1.24 bits per heavy atom. The number of pyridine rings is 1. The molecule has 0 saturated carbocycles. The number of carbonyl (C=O) groups excluding carboxylic acids is 1. The van der Waals surface area contributed by atoms with Crippen molar-refractivity contribution in [1.29, 1.82) is 0 Å². The van der Waals surface area contributed by atoms with E-state index in [4.69, 9.17) is 11.6 Å². The van der Waals surface area contributed by atoms with E-state index in [1.165, 1.54) is 24.5 Å². The fraction of sp³-hybridized carbons (Fsp3) is 0.150. The summed E-state index contributed by atoms with van der Waals surface area (Å²) in [4.78, 5) is 15.8. The van der Waals surface area contributed by atoms with Crippen molar-refractivity contribution >= 4 is 23.7 Å². The van der Waals surface area contributed by atoms with Crippen LogP contribution in [-0.4, -0.2) is 21.7 Å². The average Bonchev–Trinajstić information content (AvgIpc) is 2.95. The second kappa shape index (κ2) is 8.08. The number of hydrogen-bond donors (Lipinski definition) is 1. The predicted octanol–water partition coefficient (Wildman–Crippen LogP) is 4.93. The molecule has 0 spiro atoms. The van der Waals surface area contributed by atoms with Crippen LogP contribution in [0.1, 0.15) is 32.9 Å². The van der Waals surface area contributed by atoms with Crippen molar-refractivity contribution in [3.63, 3.8) is 0 Å². The zero-order valence-electron chi connectivity index (χ0n) is 15.5. The van der Waals surface area contributed by atoms with Gasteiger partial charge in [0.25, 0.3) is 5.91 Å². The Kier molecular flexibility index (Phi) is 5.74. The lowest BCUT2D eigenvalue weighted by molar-refractivity contribution is -0.137. The lowest BCUT2D eigenvalue weighted by Gasteiger charge is -2.14. The van der Waals surface area contributed by atoms with Crippen LogP contribution in [0.3, 0.4) is 0 Å². The fourth-order valence-corrected chi connectivity index (χ4v) is 3.13. The molecule has 0 aliphatic heterocycles. The number of rotatable bonds is 4. The second-order valence-electron chi connectivity index (χ2n) is 6.26. The molecular formula is C20H16ClF3N4O. The Hall–Kier alpha value is -3.13. The van der Waals surface area contributed by atoms with Gasteiger partial charge in [-0.2, -0.15) is 18.3 Å². The maximum absolute atomic E-state index is 13.2. The molecule has 0 fully saturated rings. The SMILES string of the molecule is Cc1cc(/C=N/NC(=O)c2cccnc2)c(C)n1-c1ccc(Cl)c(C(F)(F)F)c1. The largest absolute Gasteiger partial charge is 0.417 e. The van der Waals surface area contributed by atoms with Gasteiger partial charge >= 0.3 is 6.18 Å². The molecule has 1 aromatic carbocycles. The molecule has 29 heavy (non-hydrogen) atoms. The Balaban J connectivity index is 1.87. The summed E-state index contributed by atoms with van der Waals surface area (Å²) in [6.45, 7) is 3.51. The third-order valence-electron chi connectivity index (χ3n) is 4.28. The third kappa shape index (κ3) is 4.48.